The van der Waals surface area contributed by atoms with Gasteiger partial charge < -0.3 is 5.32 Å². The summed E-state index contributed by atoms with van der Waals surface area (Å²) in [7, 11) is -2.11. The van der Waals surface area contributed by atoms with Crippen molar-refractivity contribution in [3.8, 4) is 0 Å². The van der Waals surface area contributed by atoms with Crippen LogP contribution in [0.2, 0.25) is 0 Å². The van der Waals surface area contributed by atoms with Crippen molar-refractivity contribution < 1.29 is 13.3 Å². The number of rotatable bonds is 8. The van der Waals surface area contributed by atoms with Crippen LogP contribution in [0.5, 0.6) is 0 Å². The van der Waals surface area contributed by atoms with E-state index < -0.39 is 14.9 Å². The number of anilines is 1. The van der Waals surface area contributed by atoms with Gasteiger partial charge >= 0.3 is 0 Å². The Balaban J connectivity index is 3.18. The molecule has 0 aromatic heterocycles. The quantitative estimate of drug-likeness (QED) is 0.587. The van der Waals surface area contributed by atoms with Gasteiger partial charge in [-0.3, -0.25) is 10.1 Å². The molecule has 21 heavy (non-hydrogen) atoms. The molecule has 0 radical (unpaired) electrons. The number of unbranched alkanes of at least 4 members (excludes halogenated alkanes) is 1. The first-order valence-electron chi connectivity index (χ1n) is 6.83. The molecular formula is C13H21N3O4S. The highest BCUT2D eigenvalue weighted by molar-refractivity contribution is 7.89. The molecule has 0 fully saturated rings. The molecule has 0 saturated carbocycles. The number of hydrogen-bond donors (Lipinski definition) is 1. The van der Waals surface area contributed by atoms with E-state index in [-0.39, 0.29) is 16.3 Å². The zero-order chi connectivity index (χ0) is 16.0. The van der Waals surface area contributed by atoms with E-state index in [0.29, 0.717) is 13.1 Å². The molecule has 0 saturated heterocycles. The smallest absolute Gasteiger partial charge is 0.292 e. The normalized spacial score (nSPS) is 11.6. The summed E-state index contributed by atoms with van der Waals surface area (Å²) >= 11 is 0. The van der Waals surface area contributed by atoms with Gasteiger partial charge in [0.1, 0.15) is 5.69 Å². The Labute approximate surface area is 125 Å². The largest absolute Gasteiger partial charge is 0.380 e. The van der Waals surface area contributed by atoms with Gasteiger partial charge in [0.15, 0.2) is 0 Å². The minimum atomic E-state index is -3.62. The van der Waals surface area contributed by atoms with Crippen LogP contribution in [0.1, 0.15) is 26.7 Å². The van der Waals surface area contributed by atoms with E-state index in [0.717, 1.165) is 12.8 Å². The molecule has 1 aromatic carbocycles. The van der Waals surface area contributed by atoms with Crippen LogP contribution in [0.25, 0.3) is 0 Å². The summed E-state index contributed by atoms with van der Waals surface area (Å²) in [6.07, 6.45) is 1.66. The van der Waals surface area contributed by atoms with Gasteiger partial charge in [-0.1, -0.05) is 13.3 Å². The average molecular weight is 315 g/mol. The van der Waals surface area contributed by atoms with Gasteiger partial charge in [0.25, 0.3) is 5.69 Å². The van der Waals surface area contributed by atoms with Crippen molar-refractivity contribution in [2.24, 2.45) is 0 Å². The summed E-state index contributed by atoms with van der Waals surface area (Å²) in [6.45, 7) is 4.66. The molecule has 0 heterocycles. The molecule has 0 aliphatic rings. The third-order valence-electron chi connectivity index (χ3n) is 3.07. The molecule has 0 bridgehead atoms. The van der Waals surface area contributed by atoms with Gasteiger partial charge in [-0.25, -0.2) is 12.7 Å². The number of hydrogen-bond acceptors (Lipinski definition) is 5. The number of benzene rings is 1. The van der Waals surface area contributed by atoms with Gasteiger partial charge in [-0.2, -0.15) is 0 Å². The Morgan fingerprint density at radius 2 is 2.00 bits per heavy atom. The molecule has 7 nitrogen and oxygen atoms in total. The van der Waals surface area contributed by atoms with Gasteiger partial charge in [-0.05, 0) is 25.5 Å². The van der Waals surface area contributed by atoms with Crippen LogP contribution in [-0.4, -0.2) is 37.8 Å². The number of nitrogens with zero attached hydrogens (tertiary/aromatic N) is 2. The van der Waals surface area contributed by atoms with E-state index in [1.165, 1.54) is 29.6 Å². The number of sulfonamides is 1. The lowest BCUT2D eigenvalue weighted by atomic mass is 10.2. The first-order valence-corrected chi connectivity index (χ1v) is 8.27. The Kier molecular flexibility index (Phi) is 6.10. The van der Waals surface area contributed by atoms with Gasteiger partial charge in [-0.15, -0.1) is 0 Å². The molecule has 1 rings (SSSR count). The maximum Gasteiger partial charge on any atom is 0.292 e. The molecular weight excluding hydrogens is 294 g/mol. The van der Waals surface area contributed by atoms with Crippen molar-refractivity contribution in [3.05, 3.63) is 28.3 Å². The van der Waals surface area contributed by atoms with Crippen LogP contribution in [0.3, 0.4) is 0 Å². The first-order chi connectivity index (χ1) is 9.84. The molecule has 0 unspecified atom stereocenters. The molecule has 0 atom stereocenters. The Morgan fingerprint density at radius 3 is 2.52 bits per heavy atom. The van der Waals surface area contributed by atoms with E-state index in [1.54, 1.807) is 6.92 Å². The summed E-state index contributed by atoms with van der Waals surface area (Å²) in [5, 5.41) is 13.8. The topological polar surface area (TPSA) is 92.5 Å². The van der Waals surface area contributed by atoms with Crippen molar-refractivity contribution in [2.45, 2.75) is 31.6 Å². The summed E-state index contributed by atoms with van der Waals surface area (Å²) in [5.74, 6) is 0. The molecule has 0 spiro atoms. The second-order valence-electron chi connectivity index (χ2n) is 4.65. The third-order valence-corrected chi connectivity index (χ3v) is 4.92. The Bertz CT molecular complexity index is 601. The lowest BCUT2D eigenvalue weighted by molar-refractivity contribution is -0.384. The van der Waals surface area contributed by atoms with Crippen LogP contribution >= 0.6 is 0 Å². The predicted octanol–water partition coefficient (Wildman–Crippen LogP) is 2.45. The number of nitro benzene ring substituents is 1. The number of nitro groups is 1. The third kappa shape index (κ3) is 4.15. The maximum absolute atomic E-state index is 12.4. The van der Waals surface area contributed by atoms with E-state index in [1.807, 2.05) is 6.92 Å². The lowest BCUT2D eigenvalue weighted by Gasteiger charge is -2.17. The molecule has 0 aliphatic carbocycles. The fourth-order valence-electron chi connectivity index (χ4n) is 1.85. The van der Waals surface area contributed by atoms with Crippen molar-refractivity contribution in [1.82, 2.24) is 4.31 Å². The highest BCUT2D eigenvalue weighted by Gasteiger charge is 2.23. The van der Waals surface area contributed by atoms with Crippen LogP contribution in [0.4, 0.5) is 11.4 Å². The maximum atomic E-state index is 12.4. The van der Waals surface area contributed by atoms with E-state index >= 15 is 0 Å². The summed E-state index contributed by atoms with van der Waals surface area (Å²) < 4.78 is 26.1. The van der Waals surface area contributed by atoms with Crippen LogP contribution < -0.4 is 5.32 Å². The van der Waals surface area contributed by atoms with E-state index in [4.69, 9.17) is 0 Å². The Hall–Kier alpha value is -1.67. The van der Waals surface area contributed by atoms with Crippen molar-refractivity contribution in [2.75, 3.05) is 25.5 Å². The summed E-state index contributed by atoms with van der Waals surface area (Å²) in [5.41, 5.74) is 0.0828. The van der Waals surface area contributed by atoms with Crippen molar-refractivity contribution in [1.29, 1.82) is 0 Å². The molecule has 0 aliphatic heterocycles. The monoisotopic (exact) mass is 315 g/mol. The highest BCUT2D eigenvalue weighted by atomic mass is 32.2. The zero-order valence-corrected chi connectivity index (χ0v) is 13.3. The minimum absolute atomic E-state index is 0.0580. The lowest BCUT2D eigenvalue weighted by Crippen LogP contribution is -2.28. The molecule has 0 amide bonds. The summed E-state index contributed by atoms with van der Waals surface area (Å²) in [4.78, 5) is 10.5. The Morgan fingerprint density at radius 1 is 1.33 bits per heavy atom. The average Bonchev–Trinajstić information content (AvgIpc) is 2.44. The summed E-state index contributed by atoms with van der Waals surface area (Å²) in [6, 6.07) is 3.81. The second-order valence-corrected chi connectivity index (χ2v) is 6.69. The minimum Gasteiger partial charge on any atom is -0.380 e. The molecule has 118 valence electrons. The van der Waals surface area contributed by atoms with Crippen LogP contribution in [0, 0.1) is 10.1 Å². The predicted molar refractivity (Wildman–Crippen MR) is 82.0 cm³/mol. The SMILES string of the molecule is CCCCN(C)S(=O)(=O)c1ccc([N+](=O)[O-])c(NCC)c1. The van der Waals surface area contributed by atoms with Gasteiger partial charge in [0, 0.05) is 26.2 Å². The fourth-order valence-corrected chi connectivity index (χ4v) is 3.08. The standard InChI is InChI=1S/C13H21N3O4S/c1-4-6-9-15(3)21(19,20)11-7-8-13(16(17)18)12(10-11)14-5-2/h7-8,10,14H,4-6,9H2,1-3H3. The number of nitrogens with one attached hydrogen (secondary N) is 1. The molecule has 1 aromatic rings. The van der Waals surface area contributed by atoms with Gasteiger partial charge in [0.2, 0.25) is 10.0 Å². The first kappa shape index (κ1) is 17.4. The van der Waals surface area contributed by atoms with Gasteiger partial charge in [0.05, 0.1) is 9.82 Å². The zero-order valence-electron chi connectivity index (χ0n) is 12.5. The van der Waals surface area contributed by atoms with E-state index in [2.05, 4.69) is 5.32 Å². The van der Waals surface area contributed by atoms with Crippen LogP contribution in [-0.2, 0) is 10.0 Å². The molecule has 1 N–H and O–H groups in total. The second kappa shape index (κ2) is 7.37. The van der Waals surface area contributed by atoms with Crippen molar-refractivity contribution in [3.63, 3.8) is 0 Å². The van der Waals surface area contributed by atoms with Crippen LogP contribution in [0.15, 0.2) is 23.1 Å². The highest BCUT2D eigenvalue weighted by Crippen LogP contribution is 2.28. The van der Waals surface area contributed by atoms with Crippen molar-refractivity contribution >= 4 is 21.4 Å². The fraction of sp³-hybridized carbons (Fsp3) is 0.538. The van der Waals surface area contributed by atoms with E-state index in [9.17, 15) is 18.5 Å². The molecule has 8 heteroatoms.